The van der Waals surface area contributed by atoms with Gasteiger partial charge in [-0.3, -0.25) is 37.6 Å². The minimum absolute atomic E-state index is 0.0217. The second-order valence-corrected chi connectivity index (χ2v) is 28.5. The largest absolute Gasteiger partial charge is 0.491 e. The molecule has 2 aliphatic rings. The highest BCUT2D eigenvalue weighted by atomic mass is 32.2. The van der Waals surface area contributed by atoms with Crippen molar-refractivity contribution in [1.82, 2.24) is 41.1 Å². The van der Waals surface area contributed by atoms with Gasteiger partial charge in [-0.05, 0) is 103 Å². The highest BCUT2D eigenvalue weighted by Crippen LogP contribution is 2.66. The van der Waals surface area contributed by atoms with Gasteiger partial charge in [-0.15, -0.1) is 0 Å². The molecule has 0 bridgehead atoms. The van der Waals surface area contributed by atoms with Gasteiger partial charge in [0.05, 0.1) is 30.6 Å². The van der Waals surface area contributed by atoms with Gasteiger partial charge in [-0.25, -0.2) is 28.3 Å². The molecular formula is C61H67N16O26P3S. The number of azide groups is 2. The number of hydrogen-bond donors (Lipinski definition) is 12. The number of rotatable bonds is 38. The molecule has 7 unspecified atom stereocenters. The van der Waals surface area contributed by atoms with Crippen LogP contribution >= 0.6 is 23.5 Å². The number of benzene rings is 3. The Bertz CT molecular complexity index is 5000. The van der Waals surface area contributed by atoms with E-state index in [9.17, 15) is 71.0 Å². The van der Waals surface area contributed by atoms with E-state index in [1.165, 1.54) is 48.5 Å². The average molecular weight is 1570 g/mol. The molecular weight excluding hydrogens is 1500 g/mol. The van der Waals surface area contributed by atoms with Gasteiger partial charge in [-0.2, -0.15) is 22.0 Å². The van der Waals surface area contributed by atoms with E-state index >= 15 is 0 Å². The fraction of sp³-hybridized carbons (Fsp3) is 0.328. The van der Waals surface area contributed by atoms with E-state index in [1.807, 2.05) is 0 Å². The number of nitrogens with zero attached hydrogens (tertiary/aromatic N) is 9. The predicted octanol–water partition coefficient (Wildman–Crippen LogP) is 4.45. The van der Waals surface area contributed by atoms with Crippen LogP contribution in [0.15, 0.2) is 150 Å². The Kier molecular flexibility index (Phi) is 29.5. The Morgan fingerprint density at radius 1 is 0.813 bits per heavy atom. The Labute approximate surface area is 604 Å². The quantitative estimate of drug-likeness (QED) is 0.00372. The standard InChI is InChI=1S/C61H67N16O26P3S/c62-54-41(32-77(61(84)73-54)53-30-49(97-36-70-75-63)50(99-53)33-98-105(88,89)103-106(90,91)102-104(85,86)87)15-10-23-66-51(78)34-96-52(74-76-64)35-95-43-16-9-14-39(26-43)56(80)67-21-7-4-8-22-68-58(82)46(31-69-55(79)37-12-5-2-1-3-6-13-37)71-57(81)40-18-20-47-45(28-40)72-59(100-47)44-27-38-17-19-42(29-48(38)101-60(44)83)65-24-11-25-107(92,93)94/h1-3,5-6,9,12-14,16-20,26-29,32,46,49-50,52-53,65H,4,7-8,11,21-25,30-31,33-36H2,(H,66,78)(H,67,80)(H,68,82)(H,69,79)(H,71,81)(H,88,89)(H,90,91)(H2,62,73,84)(H2,85,86,87)(H,92,93,94)/b2-1-,3-1?,5-2?,6-3-,12-5?,13-6?,37-12?,37-13?. The van der Waals surface area contributed by atoms with Crippen LogP contribution < -0.4 is 53.7 Å². The molecule has 1 saturated heterocycles. The molecule has 6 aromatic rings. The number of allylic oxidation sites excluding steroid dienone is 6. The SMILES string of the molecule is [N-]=[N+]=NCOC1CC(n2cc(C#CCNC(=O)COC(COc3cccc(C(=O)NCCCCCNC(=O)C(CNC(=O)C4=C/C=C\C=C/C=C4)NC(=O)c4ccc5oc(-c6cc7ccc(NCCCS(=O)(=O)O)cc7oc6=O)nc5c4)c3)N=[N+]=[N-])c(N)nc2=O)OC1COP(=O)(O)OP(=O)(O)OP(=O)(O)O. The molecule has 42 nitrogen and oxygen atoms in total. The van der Waals surface area contributed by atoms with Crippen molar-refractivity contribution >= 4 is 96.7 Å². The van der Waals surface area contributed by atoms with Crippen molar-refractivity contribution in [3.05, 3.63) is 180 Å². The average Bonchev–Trinajstić information content (AvgIpc) is 1.54. The van der Waals surface area contributed by atoms with E-state index in [-0.39, 0.29) is 108 Å². The van der Waals surface area contributed by atoms with E-state index in [0.717, 1.165) is 10.8 Å². The van der Waals surface area contributed by atoms with Crippen LogP contribution in [0.25, 0.3) is 54.4 Å². The summed E-state index contributed by atoms with van der Waals surface area (Å²) in [5.41, 5.74) is 23.6. The number of carbonyl (C=O) groups excluding carboxylic acids is 5. The number of aromatic nitrogens is 3. The van der Waals surface area contributed by atoms with Crippen molar-refractivity contribution in [3.63, 3.8) is 0 Å². The molecule has 7 atom stereocenters. The van der Waals surface area contributed by atoms with E-state index in [4.69, 9.17) is 53.4 Å². The molecule has 4 heterocycles. The number of ether oxygens (including phenoxy) is 4. The molecule has 107 heavy (non-hydrogen) atoms. The number of nitrogens with one attached hydrogen (secondary N) is 6. The molecule has 0 radical (unpaired) electrons. The van der Waals surface area contributed by atoms with E-state index < -0.39 is 137 Å². The Morgan fingerprint density at radius 2 is 1.58 bits per heavy atom. The van der Waals surface area contributed by atoms with Gasteiger partial charge in [0.15, 0.2) is 11.8 Å². The van der Waals surface area contributed by atoms with Gasteiger partial charge < -0.3 is 85.0 Å². The molecule has 13 N–H and O–H groups in total. The minimum Gasteiger partial charge on any atom is -0.491 e. The summed E-state index contributed by atoms with van der Waals surface area (Å²) in [6.45, 7) is -2.78. The molecule has 568 valence electrons. The summed E-state index contributed by atoms with van der Waals surface area (Å²) in [7, 11) is -21.3. The van der Waals surface area contributed by atoms with Crippen molar-refractivity contribution in [2.45, 2.75) is 62.8 Å². The van der Waals surface area contributed by atoms with Gasteiger partial charge in [0.1, 0.15) is 66.5 Å². The van der Waals surface area contributed by atoms with Crippen LogP contribution in [0.5, 0.6) is 5.75 Å². The number of anilines is 2. The topological polar surface area (TPSA) is 623 Å². The van der Waals surface area contributed by atoms with Gasteiger partial charge in [-0.1, -0.05) is 58.5 Å². The Balaban J connectivity index is 0.774. The zero-order valence-electron chi connectivity index (χ0n) is 55.6. The maximum atomic E-state index is 13.9. The molecule has 46 heteroatoms. The first-order valence-corrected chi connectivity index (χ1v) is 37.7. The summed E-state index contributed by atoms with van der Waals surface area (Å²) >= 11 is 0. The van der Waals surface area contributed by atoms with Crippen molar-refractivity contribution in [2.75, 3.05) is 76.1 Å². The number of unbranched alkanes of at least 4 members (excludes halogenated alkanes) is 2. The maximum absolute atomic E-state index is 13.9. The maximum Gasteiger partial charge on any atom is 0.490 e. The van der Waals surface area contributed by atoms with E-state index in [2.05, 4.69) is 86.9 Å². The van der Waals surface area contributed by atoms with Crippen molar-refractivity contribution in [2.24, 2.45) is 10.2 Å². The lowest BCUT2D eigenvalue weighted by molar-refractivity contribution is -0.128. The van der Waals surface area contributed by atoms with Gasteiger partial charge in [0.25, 0.3) is 27.8 Å². The zero-order valence-corrected chi connectivity index (χ0v) is 59.1. The Hall–Kier alpha value is -10.7. The van der Waals surface area contributed by atoms with Crippen LogP contribution in [-0.4, -0.2) is 166 Å². The van der Waals surface area contributed by atoms with Crippen molar-refractivity contribution in [3.8, 4) is 29.0 Å². The first kappa shape index (κ1) is 82.0. The normalized spacial score (nSPS) is 17.1. The summed E-state index contributed by atoms with van der Waals surface area (Å²) in [6, 6.07) is 15.4. The van der Waals surface area contributed by atoms with Crippen LogP contribution in [-0.2, 0) is 65.6 Å². The first-order chi connectivity index (χ1) is 50.9. The number of hydrogen-bond acceptors (Lipinski definition) is 27. The molecule has 1 fully saturated rings. The summed E-state index contributed by atoms with van der Waals surface area (Å²) in [4.78, 5) is 143. The molecule has 0 saturated carbocycles. The predicted molar refractivity (Wildman–Crippen MR) is 375 cm³/mol. The van der Waals surface area contributed by atoms with Crippen LogP contribution in [0.1, 0.15) is 64.6 Å². The van der Waals surface area contributed by atoms with Crippen LogP contribution in [0.2, 0.25) is 0 Å². The second kappa shape index (κ2) is 38.5. The third-order valence-electron chi connectivity index (χ3n) is 14.7. The summed E-state index contributed by atoms with van der Waals surface area (Å²) in [5, 5.41) is 23.7. The summed E-state index contributed by atoms with van der Waals surface area (Å²) in [5.74, 6) is 1.42. The number of carbonyl (C=O) groups is 5. The van der Waals surface area contributed by atoms with Gasteiger partial charge >= 0.3 is 34.8 Å². The monoisotopic (exact) mass is 1560 g/mol. The zero-order chi connectivity index (χ0) is 77.3. The molecule has 8 rings (SSSR count). The lowest BCUT2D eigenvalue weighted by Crippen LogP contribution is -2.52. The number of nitrogen functional groups attached to an aromatic ring is 1. The molecule has 1 aliphatic carbocycles. The third kappa shape index (κ3) is 26.4. The van der Waals surface area contributed by atoms with Crippen LogP contribution in [0, 0.1) is 11.8 Å². The van der Waals surface area contributed by atoms with Crippen LogP contribution in [0.3, 0.4) is 0 Å². The fourth-order valence-corrected chi connectivity index (χ4v) is 13.3. The first-order valence-electron chi connectivity index (χ1n) is 31.6. The van der Waals surface area contributed by atoms with E-state index in [0.29, 0.717) is 30.3 Å². The summed E-state index contributed by atoms with van der Waals surface area (Å²) < 4.78 is 113. The number of nitrogens with two attached hydrogens (primary N) is 1. The van der Waals surface area contributed by atoms with Gasteiger partial charge in [0, 0.05) is 82.5 Å². The lowest BCUT2D eigenvalue weighted by Gasteiger charge is -2.21. The summed E-state index contributed by atoms with van der Waals surface area (Å²) in [6.07, 6.45) is 8.84. The number of fused-ring (bicyclic) bond motifs is 2. The smallest absolute Gasteiger partial charge is 0.490 e. The highest BCUT2D eigenvalue weighted by Gasteiger charge is 2.44. The molecule has 0 spiro atoms. The van der Waals surface area contributed by atoms with Crippen molar-refractivity contribution in [1.29, 1.82) is 0 Å². The van der Waals surface area contributed by atoms with Crippen molar-refractivity contribution < 1.29 is 111 Å². The number of phosphoric acid groups is 3. The highest BCUT2D eigenvalue weighted by molar-refractivity contribution is 7.85. The fourth-order valence-electron chi connectivity index (χ4n) is 9.75. The molecule has 1 aliphatic heterocycles. The Morgan fingerprint density at radius 3 is 2.35 bits per heavy atom. The number of oxazole rings is 1. The molecule has 3 aromatic heterocycles. The van der Waals surface area contributed by atoms with Crippen LogP contribution in [0.4, 0.5) is 11.5 Å². The molecule has 3 aromatic carbocycles. The second-order valence-electron chi connectivity index (χ2n) is 22.5. The third-order valence-corrected chi connectivity index (χ3v) is 19.3. The number of phosphoric ester groups is 1. The minimum atomic E-state index is -5.88. The number of amides is 5. The lowest BCUT2D eigenvalue weighted by atomic mass is 10.1. The van der Waals surface area contributed by atoms with Gasteiger partial charge in [0.2, 0.25) is 17.7 Å². The molecule has 5 amide bonds. The van der Waals surface area contributed by atoms with E-state index in [1.54, 1.807) is 60.7 Å².